The van der Waals surface area contributed by atoms with Gasteiger partial charge in [0.1, 0.15) is 6.04 Å². The maximum absolute atomic E-state index is 12.0. The average Bonchev–Trinajstić information content (AvgIpc) is 2.74. The van der Waals surface area contributed by atoms with Gasteiger partial charge in [0.05, 0.1) is 11.8 Å². The van der Waals surface area contributed by atoms with Crippen LogP contribution in [0, 0.1) is 11.8 Å². The van der Waals surface area contributed by atoms with Gasteiger partial charge in [-0.1, -0.05) is 27.7 Å². The van der Waals surface area contributed by atoms with Gasteiger partial charge in [-0.3, -0.25) is 9.48 Å². The summed E-state index contributed by atoms with van der Waals surface area (Å²) >= 11 is 0. The van der Waals surface area contributed by atoms with E-state index in [1.807, 2.05) is 13.8 Å². The van der Waals surface area contributed by atoms with Crippen LogP contribution in [0.1, 0.15) is 44.5 Å². The normalized spacial score (nSPS) is 12.7. The summed E-state index contributed by atoms with van der Waals surface area (Å²) in [6.45, 7) is 8.68. The molecule has 0 aliphatic heterocycles. The number of carboxylic acids is 1. The fourth-order valence-corrected chi connectivity index (χ4v) is 1.89. The second kappa shape index (κ2) is 7.07. The van der Waals surface area contributed by atoms with Crippen LogP contribution in [0.2, 0.25) is 0 Å². The SMILES string of the molecule is CC(C)CC(NC(=O)c1cnn(CC(C)C)c1)C(=O)O. The van der Waals surface area contributed by atoms with Gasteiger partial charge in [-0.25, -0.2) is 4.79 Å². The highest BCUT2D eigenvalue weighted by atomic mass is 16.4. The Morgan fingerprint density at radius 3 is 2.45 bits per heavy atom. The van der Waals surface area contributed by atoms with Gasteiger partial charge in [0.15, 0.2) is 0 Å². The van der Waals surface area contributed by atoms with Gasteiger partial charge < -0.3 is 10.4 Å². The standard InChI is InChI=1S/C14H23N3O3/c1-9(2)5-12(14(19)20)16-13(18)11-6-15-17(8-11)7-10(3)4/h6,8-10,12H,5,7H2,1-4H3,(H,16,18)(H,19,20). The van der Waals surface area contributed by atoms with E-state index in [1.54, 1.807) is 10.9 Å². The fourth-order valence-electron chi connectivity index (χ4n) is 1.89. The van der Waals surface area contributed by atoms with Gasteiger partial charge in [-0.2, -0.15) is 5.10 Å². The van der Waals surface area contributed by atoms with Gasteiger partial charge in [-0.15, -0.1) is 0 Å². The highest BCUT2D eigenvalue weighted by Crippen LogP contribution is 2.07. The fraction of sp³-hybridized carbons (Fsp3) is 0.643. The molecule has 2 N–H and O–H groups in total. The summed E-state index contributed by atoms with van der Waals surface area (Å²) in [6, 6.07) is -0.865. The predicted octanol–water partition coefficient (Wildman–Crippen LogP) is 1.77. The summed E-state index contributed by atoms with van der Waals surface area (Å²) in [7, 11) is 0. The molecule has 0 fully saturated rings. The zero-order valence-electron chi connectivity index (χ0n) is 12.5. The number of carboxylic acid groups (broad SMARTS) is 1. The van der Waals surface area contributed by atoms with Crippen LogP contribution in [0.25, 0.3) is 0 Å². The van der Waals surface area contributed by atoms with E-state index < -0.39 is 17.9 Å². The van der Waals surface area contributed by atoms with Crippen LogP contribution in [0.3, 0.4) is 0 Å². The summed E-state index contributed by atoms with van der Waals surface area (Å²) < 4.78 is 1.69. The lowest BCUT2D eigenvalue weighted by atomic mass is 10.0. The number of aromatic nitrogens is 2. The highest BCUT2D eigenvalue weighted by Gasteiger charge is 2.22. The van der Waals surface area contributed by atoms with Crippen molar-refractivity contribution in [2.75, 3.05) is 0 Å². The molecule has 0 saturated carbocycles. The number of hydrogen-bond acceptors (Lipinski definition) is 3. The number of carbonyl (C=O) groups excluding carboxylic acids is 1. The first kappa shape index (κ1) is 16.2. The molecule has 1 atom stereocenters. The van der Waals surface area contributed by atoms with Crippen molar-refractivity contribution in [2.24, 2.45) is 11.8 Å². The topological polar surface area (TPSA) is 84.2 Å². The number of carbonyl (C=O) groups is 2. The van der Waals surface area contributed by atoms with Crippen molar-refractivity contribution >= 4 is 11.9 Å². The Hall–Kier alpha value is -1.85. The van der Waals surface area contributed by atoms with E-state index in [0.29, 0.717) is 17.9 Å². The van der Waals surface area contributed by atoms with Crippen molar-refractivity contribution in [3.63, 3.8) is 0 Å². The van der Waals surface area contributed by atoms with E-state index in [9.17, 15) is 9.59 Å². The van der Waals surface area contributed by atoms with Gasteiger partial charge in [0.2, 0.25) is 0 Å². The summed E-state index contributed by atoms with van der Waals surface area (Å²) in [5, 5.41) is 15.7. The molecule has 1 rings (SSSR count). The van der Waals surface area contributed by atoms with E-state index in [0.717, 1.165) is 6.54 Å². The molecule has 1 unspecified atom stereocenters. The maximum atomic E-state index is 12.0. The van der Waals surface area contributed by atoms with Crippen molar-refractivity contribution in [2.45, 2.75) is 46.7 Å². The number of rotatable bonds is 7. The van der Waals surface area contributed by atoms with Crippen LogP contribution in [0.15, 0.2) is 12.4 Å². The predicted molar refractivity (Wildman–Crippen MR) is 75.4 cm³/mol. The Bertz CT molecular complexity index is 466. The lowest BCUT2D eigenvalue weighted by molar-refractivity contribution is -0.139. The van der Waals surface area contributed by atoms with Crippen molar-refractivity contribution in [3.8, 4) is 0 Å². The van der Waals surface area contributed by atoms with Gasteiger partial charge >= 0.3 is 5.97 Å². The summed E-state index contributed by atoms with van der Waals surface area (Å²) in [5.41, 5.74) is 0.389. The minimum Gasteiger partial charge on any atom is -0.480 e. The molecule has 0 radical (unpaired) electrons. The minimum absolute atomic E-state index is 0.195. The first-order chi connectivity index (χ1) is 9.29. The van der Waals surface area contributed by atoms with Crippen molar-refractivity contribution in [1.29, 1.82) is 0 Å². The average molecular weight is 281 g/mol. The molecule has 112 valence electrons. The summed E-state index contributed by atoms with van der Waals surface area (Å²) in [6.07, 6.45) is 3.51. The Kier molecular flexibility index (Phi) is 5.73. The molecule has 1 amide bonds. The smallest absolute Gasteiger partial charge is 0.326 e. The second-order valence-corrected chi connectivity index (χ2v) is 5.84. The number of nitrogens with one attached hydrogen (secondary N) is 1. The third-order valence-electron chi connectivity index (χ3n) is 2.76. The number of amides is 1. The van der Waals surface area contributed by atoms with Gasteiger partial charge in [0.25, 0.3) is 5.91 Å². The number of hydrogen-bond donors (Lipinski definition) is 2. The zero-order valence-corrected chi connectivity index (χ0v) is 12.5. The van der Waals surface area contributed by atoms with E-state index >= 15 is 0 Å². The Labute approximate surface area is 119 Å². The van der Waals surface area contributed by atoms with Gasteiger partial charge in [-0.05, 0) is 18.3 Å². The summed E-state index contributed by atoms with van der Waals surface area (Å²) in [5.74, 6) is -0.784. The van der Waals surface area contributed by atoms with Crippen LogP contribution in [-0.2, 0) is 11.3 Å². The molecule has 1 aromatic heterocycles. The Balaban J connectivity index is 2.69. The highest BCUT2D eigenvalue weighted by molar-refractivity contribution is 5.96. The molecule has 6 nitrogen and oxygen atoms in total. The largest absolute Gasteiger partial charge is 0.480 e. The quantitative estimate of drug-likeness (QED) is 0.797. The Morgan fingerprint density at radius 2 is 1.95 bits per heavy atom. The molecule has 1 aromatic rings. The van der Waals surface area contributed by atoms with Crippen LogP contribution < -0.4 is 5.32 Å². The molecule has 0 aliphatic rings. The molecule has 20 heavy (non-hydrogen) atoms. The molecule has 6 heteroatoms. The first-order valence-electron chi connectivity index (χ1n) is 6.85. The third kappa shape index (κ3) is 5.03. The zero-order chi connectivity index (χ0) is 15.3. The maximum Gasteiger partial charge on any atom is 0.326 e. The molecular weight excluding hydrogens is 258 g/mol. The monoisotopic (exact) mass is 281 g/mol. The minimum atomic E-state index is -1.01. The molecule has 0 aliphatic carbocycles. The molecule has 0 spiro atoms. The second-order valence-electron chi connectivity index (χ2n) is 5.84. The summed E-state index contributed by atoms with van der Waals surface area (Å²) in [4.78, 5) is 23.1. The van der Waals surface area contributed by atoms with E-state index in [2.05, 4.69) is 24.3 Å². The molecule has 0 saturated heterocycles. The third-order valence-corrected chi connectivity index (χ3v) is 2.76. The number of nitrogens with zero attached hydrogens (tertiary/aromatic N) is 2. The van der Waals surface area contributed by atoms with E-state index in [-0.39, 0.29) is 5.92 Å². The first-order valence-corrected chi connectivity index (χ1v) is 6.85. The lowest BCUT2D eigenvalue weighted by Crippen LogP contribution is -2.41. The van der Waals surface area contributed by atoms with Crippen molar-refractivity contribution in [3.05, 3.63) is 18.0 Å². The Morgan fingerprint density at radius 1 is 1.30 bits per heavy atom. The molecule has 1 heterocycles. The van der Waals surface area contributed by atoms with Crippen LogP contribution >= 0.6 is 0 Å². The molecular formula is C14H23N3O3. The van der Waals surface area contributed by atoms with Crippen LogP contribution in [-0.4, -0.2) is 32.8 Å². The molecule has 0 aromatic carbocycles. The van der Waals surface area contributed by atoms with Crippen LogP contribution in [0.5, 0.6) is 0 Å². The lowest BCUT2D eigenvalue weighted by Gasteiger charge is -2.15. The van der Waals surface area contributed by atoms with E-state index in [4.69, 9.17) is 5.11 Å². The van der Waals surface area contributed by atoms with Crippen molar-refractivity contribution < 1.29 is 14.7 Å². The number of aliphatic carboxylic acids is 1. The van der Waals surface area contributed by atoms with E-state index in [1.165, 1.54) is 6.20 Å². The van der Waals surface area contributed by atoms with Crippen LogP contribution in [0.4, 0.5) is 0 Å². The molecule has 0 bridgehead atoms. The van der Waals surface area contributed by atoms with Gasteiger partial charge in [0, 0.05) is 12.7 Å². The van der Waals surface area contributed by atoms with Crippen molar-refractivity contribution in [1.82, 2.24) is 15.1 Å².